The summed E-state index contributed by atoms with van der Waals surface area (Å²) in [6.07, 6.45) is 4.23. The van der Waals surface area contributed by atoms with Crippen LogP contribution >= 0.6 is 0 Å². The molecule has 0 spiro atoms. The molecule has 0 aliphatic carbocycles. The van der Waals surface area contributed by atoms with Crippen molar-refractivity contribution in [2.24, 2.45) is 0 Å². The lowest BCUT2D eigenvalue weighted by Gasteiger charge is -2.22. The highest BCUT2D eigenvalue weighted by molar-refractivity contribution is 5.75. The molecule has 0 bridgehead atoms. The van der Waals surface area contributed by atoms with Gasteiger partial charge in [-0.1, -0.05) is 12.1 Å². The molecule has 1 aromatic carbocycles. The molecule has 24 heavy (non-hydrogen) atoms. The van der Waals surface area contributed by atoms with Crippen LogP contribution < -0.4 is 4.90 Å². The number of hydrogen-bond donors (Lipinski definition) is 0. The standard InChI is InChI=1S/C19H25N3O2/c1-4-15(2)21-9-7-16-5-6-18(11-17(16)8-10-21)22(14-23)13-19(12-20)24-3/h4-6,11,14,19H,7-10,13H2,1-3H3/b15-4+. The molecule has 0 N–H and O–H groups in total. The van der Waals surface area contributed by atoms with Crippen molar-refractivity contribution in [2.75, 3.05) is 31.6 Å². The molecule has 0 fully saturated rings. The van der Waals surface area contributed by atoms with Gasteiger partial charge in [0.25, 0.3) is 0 Å². The van der Waals surface area contributed by atoms with Gasteiger partial charge in [0.05, 0.1) is 12.6 Å². The molecule has 1 aliphatic heterocycles. The number of hydrogen-bond acceptors (Lipinski definition) is 4. The molecule has 5 heteroatoms. The summed E-state index contributed by atoms with van der Waals surface area (Å²) < 4.78 is 5.06. The summed E-state index contributed by atoms with van der Waals surface area (Å²) >= 11 is 0. The fourth-order valence-corrected chi connectivity index (χ4v) is 2.98. The number of nitriles is 1. The molecule has 1 heterocycles. The van der Waals surface area contributed by atoms with Crippen LogP contribution in [0.2, 0.25) is 0 Å². The van der Waals surface area contributed by atoms with E-state index in [9.17, 15) is 4.79 Å². The predicted molar refractivity (Wildman–Crippen MR) is 94.7 cm³/mol. The van der Waals surface area contributed by atoms with Gasteiger partial charge in [0.1, 0.15) is 0 Å². The predicted octanol–water partition coefficient (Wildman–Crippen LogP) is 2.51. The van der Waals surface area contributed by atoms with Crippen molar-refractivity contribution in [1.29, 1.82) is 5.26 Å². The Balaban J connectivity index is 2.18. The Labute approximate surface area is 144 Å². The van der Waals surface area contributed by atoms with E-state index in [4.69, 9.17) is 10.00 Å². The van der Waals surface area contributed by atoms with Crippen molar-refractivity contribution in [2.45, 2.75) is 32.8 Å². The van der Waals surface area contributed by atoms with Gasteiger partial charge in [0.2, 0.25) is 6.41 Å². The molecule has 2 rings (SSSR count). The highest BCUT2D eigenvalue weighted by Crippen LogP contribution is 2.24. The van der Waals surface area contributed by atoms with Gasteiger partial charge in [-0.05, 0) is 49.9 Å². The lowest BCUT2D eigenvalue weighted by molar-refractivity contribution is -0.107. The maximum Gasteiger partial charge on any atom is 0.214 e. The average molecular weight is 327 g/mol. The second-order valence-electron chi connectivity index (χ2n) is 5.98. The Morgan fingerprint density at radius 1 is 1.42 bits per heavy atom. The van der Waals surface area contributed by atoms with E-state index >= 15 is 0 Å². The Bertz CT molecular complexity index is 649. The number of methoxy groups -OCH3 is 1. The zero-order valence-corrected chi connectivity index (χ0v) is 14.7. The van der Waals surface area contributed by atoms with E-state index in [-0.39, 0.29) is 6.54 Å². The quantitative estimate of drug-likeness (QED) is 0.753. The third-order valence-electron chi connectivity index (χ3n) is 4.66. The number of rotatable bonds is 6. The summed E-state index contributed by atoms with van der Waals surface area (Å²) in [6, 6.07) is 8.17. The molecule has 1 amide bonds. The van der Waals surface area contributed by atoms with Gasteiger partial charge in [-0.15, -0.1) is 0 Å². The largest absolute Gasteiger partial charge is 0.375 e. The minimum absolute atomic E-state index is 0.235. The first-order valence-electron chi connectivity index (χ1n) is 8.27. The number of carbonyl (C=O) groups is 1. The van der Waals surface area contributed by atoms with Gasteiger partial charge < -0.3 is 14.5 Å². The van der Waals surface area contributed by atoms with Crippen molar-refractivity contribution in [3.63, 3.8) is 0 Å². The van der Waals surface area contributed by atoms with Gasteiger partial charge in [-0.2, -0.15) is 5.26 Å². The van der Waals surface area contributed by atoms with Gasteiger partial charge >= 0.3 is 0 Å². The van der Waals surface area contributed by atoms with Crippen LogP contribution in [-0.2, 0) is 22.4 Å². The van der Waals surface area contributed by atoms with Crippen LogP contribution in [0.15, 0.2) is 30.0 Å². The second-order valence-corrected chi connectivity index (χ2v) is 5.98. The number of benzene rings is 1. The minimum atomic E-state index is -0.623. The second kappa shape index (κ2) is 8.51. The normalized spacial score (nSPS) is 15.9. The maximum atomic E-state index is 11.4. The van der Waals surface area contributed by atoms with Gasteiger partial charge in [-0.25, -0.2) is 0 Å². The first-order chi connectivity index (χ1) is 11.6. The van der Waals surface area contributed by atoms with Crippen molar-refractivity contribution in [1.82, 2.24) is 4.90 Å². The number of carbonyl (C=O) groups excluding carboxylic acids is 1. The zero-order chi connectivity index (χ0) is 17.5. The lowest BCUT2D eigenvalue weighted by Crippen LogP contribution is -2.31. The Hall–Kier alpha value is -2.32. The average Bonchev–Trinajstić information content (AvgIpc) is 2.84. The van der Waals surface area contributed by atoms with Crippen LogP contribution in [-0.4, -0.2) is 44.2 Å². The van der Waals surface area contributed by atoms with Crippen LogP contribution in [0.1, 0.15) is 25.0 Å². The van der Waals surface area contributed by atoms with Crippen molar-refractivity contribution < 1.29 is 9.53 Å². The van der Waals surface area contributed by atoms with E-state index in [2.05, 4.69) is 37.0 Å². The molecular weight excluding hydrogens is 302 g/mol. The van der Waals surface area contributed by atoms with E-state index in [1.54, 1.807) is 0 Å². The summed E-state index contributed by atoms with van der Waals surface area (Å²) in [7, 11) is 1.48. The van der Waals surface area contributed by atoms with Crippen LogP contribution in [0, 0.1) is 11.3 Å². The molecular formula is C19H25N3O2. The first kappa shape index (κ1) is 18.0. The summed E-state index contributed by atoms with van der Waals surface area (Å²) in [5.74, 6) is 0. The summed E-state index contributed by atoms with van der Waals surface area (Å²) in [5.41, 5.74) is 4.73. The topological polar surface area (TPSA) is 56.6 Å². The zero-order valence-electron chi connectivity index (χ0n) is 14.7. The van der Waals surface area contributed by atoms with Crippen molar-refractivity contribution in [3.05, 3.63) is 41.1 Å². The van der Waals surface area contributed by atoms with E-state index in [0.29, 0.717) is 0 Å². The van der Waals surface area contributed by atoms with Crippen LogP contribution in [0.4, 0.5) is 5.69 Å². The van der Waals surface area contributed by atoms with Crippen LogP contribution in [0.3, 0.4) is 0 Å². The molecule has 128 valence electrons. The van der Waals surface area contributed by atoms with E-state index in [1.165, 1.54) is 28.8 Å². The Morgan fingerprint density at radius 3 is 2.71 bits per heavy atom. The number of amides is 1. The summed E-state index contributed by atoms with van der Waals surface area (Å²) in [4.78, 5) is 15.4. The van der Waals surface area contributed by atoms with E-state index < -0.39 is 6.10 Å². The van der Waals surface area contributed by atoms with Gasteiger partial charge in [0, 0.05) is 31.6 Å². The summed E-state index contributed by atoms with van der Waals surface area (Å²) in [6.45, 7) is 6.43. The van der Waals surface area contributed by atoms with Gasteiger partial charge in [-0.3, -0.25) is 4.79 Å². The first-order valence-corrected chi connectivity index (χ1v) is 8.27. The lowest BCUT2D eigenvalue weighted by atomic mass is 10.0. The molecule has 0 radical (unpaired) electrons. The third-order valence-corrected chi connectivity index (χ3v) is 4.66. The Morgan fingerprint density at radius 2 is 2.12 bits per heavy atom. The summed E-state index contributed by atoms with van der Waals surface area (Å²) in [5, 5.41) is 9.02. The fourth-order valence-electron chi connectivity index (χ4n) is 2.98. The smallest absolute Gasteiger partial charge is 0.214 e. The monoisotopic (exact) mass is 327 g/mol. The van der Waals surface area contributed by atoms with Crippen molar-refractivity contribution in [3.8, 4) is 6.07 Å². The van der Waals surface area contributed by atoms with Crippen LogP contribution in [0.25, 0.3) is 0 Å². The molecule has 1 atom stereocenters. The molecule has 0 saturated heterocycles. The maximum absolute atomic E-state index is 11.4. The van der Waals surface area contributed by atoms with Crippen LogP contribution in [0.5, 0.6) is 0 Å². The van der Waals surface area contributed by atoms with Crippen molar-refractivity contribution >= 4 is 12.1 Å². The fraction of sp³-hybridized carbons (Fsp3) is 0.474. The molecule has 0 aromatic heterocycles. The van der Waals surface area contributed by atoms with E-state index in [0.717, 1.165) is 38.0 Å². The molecule has 5 nitrogen and oxygen atoms in total. The highest BCUT2D eigenvalue weighted by Gasteiger charge is 2.17. The SMILES string of the molecule is C/C=C(\C)N1CCc2ccc(N(C=O)CC(C#N)OC)cc2CC1. The number of anilines is 1. The highest BCUT2D eigenvalue weighted by atomic mass is 16.5. The molecule has 1 aromatic rings. The third kappa shape index (κ3) is 4.15. The molecule has 1 unspecified atom stereocenters. The van der Waals surface area contributed by atoms with E-state index in [1.807, 2.05) is 12.1 Å². The minimum Gasteiger partial charge on any atom is -0.375 e. The number of fused-ring (bicyclic) bond motifs is 1. The number of ether oxygens (including phenoxy) is 1. The number of nitrogens with zero attached hydrogens (tertiary/aromatic N) is 3. The van der Waals surface area contributed by atoms with Gasteiger partial charge in [0.15, 0.2) is 6.10 Å². The Kier molecular flexibility index (Phi) is 6.39. The molecule has 0 saturated carbocycles. The molecule has 1 aliphatic rings. The number of allylic oxidation sites excluding steroid dienone is 2.